The van der Waals surface area contributed by atoms with Crippen molar-refractivity contribution >= 4 is 28.9 Å². The Bertz CT molecular complexity index is 547. The third-order valence-electron chi connectivity index (χ3n) is 2.74. The highest BCUT2D eigenvalue weighted by Gasteiger charge is 2.23. The second-order valence-electron chi connectivity index (χ2n) is 4.02. The molecule has 5 heteroatoms. The largest absolute Gasteiger partial charge is 0.334 e. The highest BCUT2D eigenvalue weighted by molar-refractivity contribution is 6.32. The van der Waals surface area contributed by atoms with E-state index in [4.69, 9.17) is 23.2 Å². The summed E-state index contributed by atoms with van der Waals surface area (Å²) in [6.45, 7) is 3.30. The van der Waals surface area contributed by atoms with Crippen LogP contribution in [0.3, 0.4) is 0 Å². The molecule has 1 aliphatic rings. The molecule has 0 radical (unpaired) electrons. The fraction of sp³-hybridized carbons (Fsp3) is 0.143. The molecule has 19 heavy (non-hydrogen) atoms. The number of nitrogens with zero attached hydrogens (tertiary/aromatic N) is 1. The minimum absolute atomic E-state index is 0.360. The first-order valence-corrected chi connectivity index (χ1v) is 6.33. The normalized spacial score (nSPS) is 15.6. The Morgan fingerprint density at radius 1 is 1.11 bits per heavy atom. The quantitative estimate of drug-likeness (QED) is 0.767. The Labute approximate surface area is 120 Å². The van der Waals surface area contributed by atoms with Crippen LogP contribution in [0.4, 0.5) is 8.78 Å². The molecule has 100 valence electrons. The van der Waals surface area contributed by atoms with Gasteiger partial charge in [0.1, 0.15) is 0 Å². The van der Waals surface area contributed by atoms with Crippen LogP contribution in [-0.4, -0.2) is 17.9 Å². The van der Waals surface area contributed by atoms with Gasteiger partial charge in [0.05, 0.1) is 17.3 Å². The predicted octanol–water partition coefficient (Wildman–Crippen LogP) is 4.90. The summed E-state index contributed by atoms with van der Waals surface area (Å²) >= 11 is 11.8. The third-order valence-corrected chi connectivity index (χ3v) is 3.34. The van der Waals surface area contributed by atoms with Crippen molar-refractivity contribution in [2.75, 3.05) is 6.54 Å². The van der Waals surface area contributed by atoms with Gasteiger partial charge >= 0.3 is 0 Å². The highest BCUT2D eigenvalue weighted by atomic mass is 35.5. The molecule has 1 aromatic carbocycles. The molecule has 2 rings (SSSR count). The van der Waals surface area contributed by atoms with Crippen molar-refractivity contribution in [3.63, 3.8) is 0 Å². The monoisotopic (exact) mass is 301 g/mol. The molecule has 1 nitrogen and oxygen atoms in total. The number of alkyl halides is 2. The lowest BCUT2D eigenvalue weighted by Crippen LogP contribution is -2.28. The summed E-state index contributed by atoms with van der Waals surface area (Å²) < 4.78 is 25.4. The topological polar surface area (TPSA) is 3.24 Å². The fourth-order valence-electron chi connectivity index (χ4n) is 1.83. The maximum absolute atomic E-state index is 12.7. The van der Waals surface area contributed by atoms with E-state index in [-0.39, 0.29) is 0 Å². The smallest absolute Gasteiger partial charge is 0.256 e. The second-order valence-corrected chi connectivity index (χ2v) is 4.87. The average Bonchev–Trinajstić information content (AvgIpc) is 2.36. The van der Waals surface area contributed by atoms with Crippen molar-refractivity contribution in [1.82, 2.24) is 4.90 Å². The first-order chi connectivity index (χ1) is 8.99. The minimum atomic E-state index is -2.48. The molecule has 0 atom stereocenters. The predicted molar refractivity (Wildman–Crippen MR) is 75.2 cm³/mol. The molecular formula is C14H11Cl2F2N. The molecule has 0 spiro atoms. The molecule has 0 saturated heterocycles. The first kappa shape index (κ1) is 14.1. The number of halogens is 4. The maximum atomic E-state index is 12.7. The lowest BCUT2D eigenvalue weighted by atomic mass is 10.1. The van der Waals surface area contributed by atoms with Crippen molar-refractivity contribution in [2.24, 2.45) is 0 Å². The molecule has 0 fully saturated rings. The van der Waals surface area contributed by atoms with Crippen molar-refractivity contribution in [3.8, 4) is 0 Å². The number of hydrogen-bond acceptors (Lipinski definition) is 1. The Kier molecular flexibility index (Phi) is 4.27. The van der Waals surface area contributed by atoms with E-state index >= 15 is 0 Å². The van der Waals surface area contributed by atoms with Gasteiger partial charge in [0, 0.05) is 10.7 Å². The van der Waals surface area contributed by atoms with Crippen LogP contribution in [0.1, 0.15) is 5.56 Å². The second kappa shape index (κ2) is 5.76. The SMILES string of the molecule is C=C1C(Cl)=CC=C(c2ccc(Cl)cc2)N1CC(F)F. The zero-order valence-corrected chi connectivity index (χ0v) is 11.4. The van der Waals surface area contributed by atoms with Gasteiger partial charge in [0.15, 0.2) is 0 Å². The molecule has 0 N–H and O–H groups in total. The average molecular weight is 302 g/mol. The molecule has 0 amide bonds. The molecule has 0 bridgehead atoms. The van der Waals surface area contributed by atoms with Gasteiger partial charge in [-0.05, 0) is 29.8 Å². The maximum Gasteiger partial charge on any atom is 0.256 e. The Hall–Kier alpha value is -1.32. The van der Waals surface area contributed by atoms with E-state index in [9.17, 15) is 8.78 Å². The summed E-state index contributed by atoms with van der Waals surface area (Å²) in [5.74, 6) is 0. The van der Waals surface area contributed by atoms with Crippen molar-refractivity contribution < 1.29 is 8.78 Å². The van der Waals surface area contributed by atoms with Gasteiger partial charge < -0.3 is 4.90 Å². The summed E-state index contributed by atoms with van der Waals surface area (Å²) in [6.07, 6.45) is 0.869. The van der Waals surface area contributed by atoms with Crippen LogP contribution >= 0.6 is 23.2 Å². The van der Waals surface area contributed by atoms with E-state index in [0.717, 1.165) is 5.56 Å². The van der Waals surface area contributed by atoms with E-state index in [1.807, 2.05) is 0 Å². The van der Waals surface area contributed by atoms with E-state index in [0.29, 0.717) is 21.4 Å². The van der Waals surface area contributed by atoms with Gasteiger partial charge in [-0.3, -0.25) is 0 Å². The number of allylic oxidation sites excluding steroid dienone is 3. The molecule has 1 aromatic rings. The fourth-order valence-corrected chi connectivity index (χ4v) is 2.12. The van der Waals surface area contributed by atoms with Gasteiger partial charge in [-0.2, -0.15) is 0 Å². The van der Waals surface area contributed by atoms with E-state index in [2.05, 4.69) is 6.58 Å². The number of benzene rings is 1. The highest BCUT2D eigenvalue weighted by Crippen LogP contribution is 2.33. The standard InChI is InChI=1S/C14H11Cl2F2N/c1-9-12(16)6-7-13(19(9)8-14(17)18)10-2-4-11(15)5-3-10/h2-7,14H,1,8H2. The van der Waals surface area contributed by atoms with Gasteiger partial charge in [-0.15, -0.1) is 0 Å². The van der Waals surface area contributed by atoms with E-state index in [1.54, 1.807) is 36.4 Å². The van der Waals surface area contributed by atoms with E-state index < -0.39 is 13.0 Å². The zero-order valence-electron chi connectivity index (χ0n) is 9.91. The Balaban J connectivity index is 2.39. The lowest BCUT2D eigenvalue weighted by molar-refractivity contribution is 0.123. The minimum Gasteiger partial charge on any atom is -0.334 e. The summed E-state index contributed by atoms with van der Waals surface area (Å²) in [7, 11) is 0. The van der Waals surface area contributed by atoms with Gasteiger partial charge in [0.25, 0.3) is 6.43 Å². The van der Waals surface area contributed by atoms with Gasteiger partial charge in [-0.1, -0.05) is 41.9 Å². The molecular weight excluding hydrogens is 291 g/mol. The number of rotatable bonds is 3. The summed E-state index contributed by atoms with van der Waals surface area (Å²) in [4.78, 5) is 1.41. The summed E-state index contributed by atoms with van der Waals surface area (Å²) in [6, 6.07) is 6.96. The number of hydrogen-bond donors (Lipinski definition) is 0. The Morgan fingerprint density at radius 2 is 1.74 bits per heavy atom. The van der Waals surface area contributed by atoms with Crippen molar-refractivity contribution in [2.45, 2.75) is 6.43 Å². The summed E-state index contributed by atoms with van der Waals surface area (Å²) in [5, 5.41) is 0.950. The third kappa shape index (κ3) is 3.17. The van der Waals surface area contributed by atoms with Crippen LogP contribution in [-0.2, 0) is 0 Å². The van der Waals surface area contributed by atoms with E-state index in [1.165, 1.54) is 4.90 Å². The Morgan fingerprint density at radius 3 is 2.32 bits per heavy atom. The van der Waals surface area contributed by atoms with Crippen molar-refractivity contribution in [1.29, 1.82) is 0 Å². The van der Waals surface area contributed by atoms with Crippen LogP contribution in [0.2, 0.25) is 5.02 Å². The van der Waals surface area contributed by atoms with Crippen LogP contribution in [0.5, 0.6) is 0 Å². The van der Waals surface area contributed by atoms with Crippen LogP contribution in [0.25, 0.3) is 5.70 Å². The zero-order chi connectivity index (χ0) is 14.0. The van der Waals surface area contributed by atoms with Gasteiger partial charge in [-0.25, -0.2) is 8.78 Å². The molecule has 1 heterocycles. The molecule has 0 aliphatic carbocycles. The summed E-state index contributed by atoms with van der Waals surface area (Å²) in [5.41, 5.74) is 1.78. The van der Waals surface area contributed by atoms with Crippen LogP contribution in [0.15, 0.2) is 53.7 Å². The molecule has 0 saturated carbocycles. The van der Waals surface area contributed by atoms with Crippen LogP contribution < -0.4 is 0 Å². The molecule has 1 aliphatic heterocycles. The van der Waals surface area contributed by atoms with Crippen LogP contribution in [0, 0.1) is 0 Å². The van der Waals surface area contributed by atoms with Gasteiger partial charge in [0.2, 0.25) is 0 Å². The van der Waals surface area contributed by atoms with Crippen molar-refractivity contribution in [3.05, 3.63) is 64.3 Å². The lowest BCUT2D eigenvalue weighted by Gasteiger charge is -2.31. The molecule has 0 aromatic heterocycles. The molecule has 0 unspecified atom stereocenters. The first-order valence-electron chi connectivity index (χ1n) is 5.57.